The molecule has 0 radical (unpaired) electrons. The fraction of sp³-hybridized carbons (Fsp3) is 0.385. The maximum atomic E-state index is 11.9. The minimum Gasteiger partial charge on any atom is -0.326 e. The molecule has 1 aromatic carbocycles. The van der Waals surface area contributed by atoms with Gasteiger partial charge in [-0.3, -0.25) is 4.79 Å². The zero-order chi connectivity index (χ0) is 13.8. The smallest absolute Gasteiger partial charge is 0.225 e. The van der Waals surface area contributed by atoms with Crippen LogP contribution in [0.1, 0.15) is 19.3 Å². The summed E-state index contributed by atoms with van der Waals surface area (Å²) in [6.45, 7) is 1.01. The molecule has 1 unspecified atom stereocenters. The van der Waals surface area contributed by atoms with Crippen molar-refractivity contribution in [2.45, 2.75) is 25.3 Å². The molecule has 1 amide bonds. The number of nitrogens with zero attached hydrogens (tertiary/aromatic N) is 4. The fourth-order valence-electron chi connectivity index (χ4n) is 2.34. The van der Waals surface area contributed by atoms with E-state index in [9.17, 15) is 4.79 Å². The molecule has 2 aromatic rings. The highest BCUT2D eigenvalue weighted by Gasteiger charge is 2.17. The van der Waals surface area contributed by atoms with Crippen LogP contribution in [0.25, 0.3) is 5.69 Å². The Morgan fingerprint density at radius 2 is 2.25 bits per heavy atom. The highest BCUT2D eigenvalue weighted by Crippen LogP contribution is 2.14. The van der Waals surface area contributed by atoms with Crippen LogP contribution in [-0.2, 0) is 4.79 Å². The van der Waals surface area contributed by atoms with Gasteiger partial charge in [0.2, 0.25) is 5.91 Å². The van der Waals surface area contributed by atoms with Crippen LogP contribution in [0, 0.1) is 0 Å². The number of hydrogen-bond acceptors (Lipinski definition) is 5. The predicted molar refractivity (Wildman–Crippen MR) is 73.4 cm³/mol. The zero-order valence-corrected chi connectivity index (χ0v) is 11.0. The molecule has 1 fully saturated rings. The lowest BCUT2D eigenvalue weighted by Gasteiger charge is -2.10. The summed E-state index contributed by atoms with van der Waals surface area (Å²) in [6, 6.07) is 7.73. The molecule has 7 heteroatoms. The van der Waals surface area contributed by atoms with Crippen LogP contribution >= 0.6 is 0 Å². The van der Waals surface area contributed by atoms with Crippen molar-refractivity contribution >= 4 is 11.6 Å². The first-order valence-corrected chi connectivity index (χ1v) is 6.68. The highest BCUT2D eigenvalue weighted by molar-refractivity contribution is 5.91. The lowest BCUT2D eigenvalue weighted by molar-refractivity contribution is -0.116. The number of carbonyl (C=O) groups is 1. The van der Waals surface area contributed by atoms with Crippen molar-refractivity contribution < 1.29 is 4.79 Å². The summed E-state index contributed by atoms with van der Waals surface area (Å²) < 4.78 is 1.56. The van der Waals surface area contributed by atoms with Crippen molar-refractivity contribution in [1.82, 2.24) is 25.5 Å². The van der Waals surface area contributed by atoms with Crippen LogP contribution < -0.4 is 10.6 Å². The van der Waals surface area contributed by atoms with E-state index in [1.54, 1.807) is 4.68 Å². The number of nitrogens with one attached hydrogen (secondary N) is 2. The molecule has 104 valence electrons. The standard InChI is InChI=1S/C13H16N6O/c20-13(8-11-2-1-7-14-11)16-10-3-5-12(6-4-10)19-9-15-17-18-19/h3-6,9,11,14H,1-2,7-8H2,(H,16,20). The Morgan fingerprint density at radius 1 is 1.40 bits per heavy atom. The van der Waals surface area contributed by atoms with Crippen molar-refractivity contribution in [3.8, 4) is 5.69 Å². The first kappa shape index (κ1) is 12.7. The summed E-state index contributed by atoms with van der Waals surface area (Å²) in [5.74, 6) is 0.0413. The van der Waals surface area contributed by atoms with E-state index in [1.807, 2.05) is 24.3 Å². The van der Waals surface area contributed by atoms with Gasteiger partial charge >= 0.3 is 0 Å². The molecule has 2 heterocycles. The Balaban J connectivity index is 1.59. The van der Waals surface area contributed by atoms with Crippen molar-refractivity contribution in [2.24, 2.45) is 0 Å². The van der Waals surface area contributed by atoms with E-state index in [2.05, 4.69) is 26.2 Å². The van der Waals surface area contributed by atoms with E-state index in [0.717, 1.165) is 30.8 Å². The van der Waals surface area contributed by atoms with Gasteiger partial charge in [-0.2, -0.15) is 0 Å². The van der Waals surface area contributed by atoms with E-state index in [1.165, 1.54) is 6.33 Å². The molecule has 0 bridgehead atoms. The Bertz CT molecular complexity index is 559. The molecular weight excluding hydrogens is 256 g/mol. The lowest BCUT2D eigenvalue weighted by Crippen LogP contribution is -2.27. The number of carbonyl (C=O) groups excluding carboxylic acids is 1. The Hall–Kier alpha value is -2.28. The second kappa shape index (κ2) is 5.79. The summed E-state index contributed by atoms with van der Waals surface area (Å²) in [5.41, 5.74) is 1.63. The molecule has 3 rings (SSSR count). The number of tetrazole rings is 1. The molecule has 1 saturated heterocycles. The number of benzene rings is 1. The second-order valence-corrected chi connectivity index (χ2v) is 4.85. The summed E-state index contributed by atoms with van der Waals surface area (Å²) in [4.78, 5) is 11.9. The third-order valence-electron chi connectivity index (χ3n) is 3.36. The first-order valence-electron chi connectivity index (χ1n) is 6.68. The molecule has 1 aromatic heterocycles. The SMILES string of the molecule is O=C(CC1CCCN1)Nc1ccc(-n2cnnn2)cc1. The molecule has 0 saturated carbocycles. The second-order valence-electron chi connectivity index (χ2n) is 4.85. The topological polar surface area (TPSA) is 84.7 Å². The average molecular weight is 272 g/mol. The monoisotopic (exact) mass is 272 g/mol. The van der Waals surface area contributed by atoms with Gasteiger partial charge in [0, 0.05) is 18.2 Å². The van der Waals surface area contributed by atoms with Gasteiger partial charge in [0.15, 0.2) is 0 Å². The largest absolute Gasteiger partial charge is 0.326 e. The van der Waals surface area contributed by atoms with Crippen molar-refractivity contribution in [3.05, 3.63) is 30.6 Å². The Labute approximate surface area is 116 Å². The van der Waals surface area contributed by atoms with Crippen LogP contribution in [0.5, 0.6) is 0 Å². The first-order chi connectivity index (χ1) is 9.81. The van der Waals surface area contributed by atoms with E-state index >= 15 is 0 Å². The van der Waals surface area contributed by atoms with Gasteiger partial charge in [0.25, 0.3) is 0 Å². The summed E-state index contributed by atoms with van der Waals surface area (Å²) in [6.07, 6.45) is 4.28. The van der Waals surface area contributed by atoms with Crippen molar-refractivity contribution in [1.29, 1.82) is 0 Å². The molecule has 1 aliphatic heterocycles. The zero-order valence-electron chi connectivity index (χ0n) is 11.0. The third kappa shape index (κ3) is 3.00. The molecule has 2 N–H and O–H groups in total. The van der Waals surface area contributed by atoms with Crippen LogP contribution in [0.4, 0.5) is 5.69 Å². The van der Waals surface area contributed by atoms with Crippen LogP contribution in [0.2, 0.25) is 0 Å². The van der Waals surface area contributed by atoms with Crippen molar-refractivity contribution in [2.75, 3.05) is 11.9 Å². The van der Waals surface area contributed by atoms with E-state index in [-0.39, 0.29) is 5.91 Å². The number of amides is 1. The molecular formula is C13H16N6O. The minimum atomic E-state index is 0.0413. The molecule has 0 spiro atoms. The van der Waals surface area contributed by atoms with Gasteiger partial charge < -0.3 is 10.6 Å². The summed E-state index contributed by atoms with van der Waals surface area (Å²) in [5, 5.41) is 17.2. The molecule has 1 atom stereocenters. The normalized spacial score (nSPS) is 18.1. The third-order valence-corrected chi connectivity index (χ3v) is 3.36. The molecule has 20 heavy (non-hydrogen) atoms. The molecule has 0 aliphatic carbocycles. The highest BCUT2D eigenvalue weighted by atomic mass is 16.1. The van der Waals surface area contributed by atoms with Gasteiger partial charge in [0.05, 0.1) is 5.69 Å². The molecule has 1 aliphatic rings. The van der Waals surface area contributed by atoms with Crippen molar-refractivity contribution in [3.63, 3.8) is 0 Å². The Morgan fingerprint density at radius 3 is 2.90 bits per heavy atom. The Kier molecular flexibility index (Phi) is 3.69. The fourth-order valence-corrected chi connectivity index (χ4v) is 2.34. The maximum absolute atomic E-state index is 11.9. The quantitative estimate of drug-likeness (QED) is 0.857. The summed E-state index contributed by atoms with van der Waals surface area (Å²) >= 11 is 0. The average Bonchev–Trinajstić information content (AvgIpc) is 3.12. The van der Waals surface area contributed by atoms with E-state index in [0.29, 0.717) is 12.5 Å². The number of anilines is 1. The number of rotatable bonds is 4. The van der Waals surface area contributed by atoms with Crippen LogP contribution in [0.3, 0.4) is 0 Å². The van der Waals surface area contributed by atoms with E-state index < -0.39 is 0 Å². The van der Waals surface area contributed by atoms with Gasteiger partial charge in [-0.25, -0.2) is 4.68 Å². The van der Waals surface area contributed by atoms with E-state index in [4.69, 9.17) is 0 Å². The number of hydrogen-bond donors (Lipinski definition) is 2. The van der Waals surface area contributed by atoms with Gasteiger partial charge in [0.1, 0.15) is 6.33 Å². The minimum absolute atomic E-state index is 0.0413. The lowest BCUT2D eigenvalue weighted by atomic mass is 10.1. The van der Waals surface area contributed by atoms with Gasteiger partial charge in [-0.1, -0.05) is 0 Å². The maximum Gasteiger partial charge on any atom is 0.225 e. The predicted octanol–water partition coefficient (Wildman–Crippen LogP) is 0.743. The number of aromatic nitrogens is 4. The van der Waals surface area contributed by atoms with Crippen LogP contribution in [-0.4, -0.2) is 38.7 Å². The summed E-state index contributed by atoms with van der Waals surface area (Å²) in [7, 11) is 0. The molecule has 7 nitrogen and oxygen atoms in total. The van der Waals surface area contributed by atoms with Gasteiger partial charge in [-0.05, 0) is 54.1 Å². The van der Waals surface area contributed by atoms with Crippen LogP contribution in [0.15, 0.2) is 30.6 Å². The van der Waals surface area contributed by atoms with Gasteiger partial charge in [-0.15, -0.1) is 5.10 Å².